The summed E-state index contributed by atoms with van der Waals surface area (Å²) in [5, 5.41) is 3.25. The number of hydrogen-bond donors (Lipinski definition) is 1. The molecule has 1 N–H and O–H groups in total. The molecule has 1 aliphatic heterocycles. The van der Waals surface area contributed by atoms with Crippen LogP contribution in [0.1, 0.15) is 37.8 Å². The van der Waals surface area contributed by atoms with Gasteiger partial charge in [0.1, 0.15) is 5.82 Å². The third-order valence-corrected chi connectivity index (χ3v) is 4.14. The monoisotopic (exact) mass is 264 g/mol. The Morgan fingerprint density at radius 3 is 2.89 bits per heavy atom. The van der Waals surface area contributed by atoms with E-state index >= 15 is 0 Å². The van der Waals surface area contributed by atoms with Crippen molar-refractivity contribution in [3.05, 3.63) is 35.6 Å². The van der Waals surface area contributed by atoms with Gasteiger partial charge in [0.15, 0.2) is 0 Å². The highest BCUT2D eigenvalue weighted by molar-refractivity contribution is 5.21. The molecule has 0 radical (unpaired) electrons. The van der Waals surface area contributed by atoms with Crippen molar-refractivity contribution >= 4 is 0 Å². The van der Waals surface area contributed by atoms with Gasteiger partial charge in [-0.15, -0.1) is 0 Å². The largest absolute Gasteiger partial charge is 0.312 e. The summed E-state index contributed by atoms with van der Waals surface area (Å²) in [6.07, 6.45) is 3.88. The highest BCUT2D eigenvalue weighted by Crippen LogP contribution is 2.24. The van der Waals surface area contributed by atoms with Gasteiger partial charge in [0.25, 0.3) is 0 Å². The molecule has 3 heteroatoms. The number of benzene rings is 1. The first-order chi connectivity index (χ1) is 9.24. The average molecular weight is 264 g/mol. The zero-order valence-corrected chi connectivity index (χ0v) is 12.0. The summed E-state index contributed by atoms with van der Waals surface area (Å²) in [5.41, 5.74) is 0.781. The minimum absolute atomic E-state index is 0.0848. The van der Waals surface area contributed by atoms with Crippen LogP contribution in [0.15, 0.2) is 24.3 Å². The third-order valence-electron chi connectivity index (χ3n) is 4.14. The van der Waals surface area contributed by atoms with Crippen LogP contribution in [0.4, 0.5) is 4.39 Å². The molecule has 0 spiro atoms. The molecular formula is C16H25FN2. The standard InChI is InChI=1S/C16H25FN2/c1-3-6-13-9-10-19(11-13)12-16(18-2)14-7-4-5-8-15(14)17/h4-5,7-8,13,16,18H,3,6,9-12H2,1-2H3. The van der Waals surface area contributed by atoms with Crippen molar-refractivity contribution < 1.29 is 4.39 Å². The fourth-order valence-electron chi connectivity index (χ4n) is 3.08. The van der Waals surface area contributed by atoms with Crippen LogP contribution in [0.25, 0.3) is 0 Å². The van der Waals surface area contributed by atoms with E-state index in [1.807, 2.05) is 19.2 Å². The summed E-state index contributed by atoms with van der Waals surface area (Å²) < 4.78 is 13.8. The first kappa shape index (κ1) is 14.5. The quantitative estimate of drug-likeness (QED) is 0.849. The molecule has 2 unspecified atom stereocenters. The minimum Gasteiger partial charge on any atom is -0.312 e. The summed E-state index contributed by atoms with van der Waals surface area (Å²) >= 11 is 0. The van der Waals surface area contributed by atoms with Gasteiger partial charge in [-0.3, -0.25) is 0 Å². The first-order valence-corrected chi connectivity index (χ1v) is 7.38. The van der Waals surface area contributed by atoms with Crippen molar-refractivity contribution in [2.75, 3.05) is 26.7 Å². The van der Waals surface area contributed by atoms with E-state index in [9.17, 15) is 4.39 Å². The number of nitrogens with one attached hydrogen (secondary N) is 1. The average Bonchev–Trinajstić information content (AvgIpc) is 2.85. The van der Waals surface area contributed by atoms with E-state index in [1.54, 1.807) is 12.1 Å². The molecule has 2 rings (SSSR count). The van der Waals surface area contributed by atoms with Crippen LogP contribution < -0.4 is 5.32 Å². The number of halogens is 1. The molecule has 2 atom stereocenters. The predicted molar refractivity (Wildman–Crippen MR) is 77.7 cm³/mol. The van der Waals surface area contributed by atoms with Crippen molar-refractivity contribution in [2.45, 2.75) is 32.2 Å². The molecule has 0 aliphatic carbocycles. The zero-order chi connectivity index (χ0) is 13.7. The van der Waals surface area contributed by atoms with Crippen molar-refractivity contribution in [2.24, 2.45) is 5.92 Å². The number of likely N-dealkylation sites (N-methyl/N-ethyl adjacent to an activating group) is 1. The fourth-order valence-corrected chi connectivity index (χ4v) is 3.08. The van der Waals surface area contributed by atoms with Crippen molar-refractivity contribution in [3.8, 4) is 0 Å². The molecule has 19 heavy (non-hydrogen) atoms. The van der Waals surface area contributed by atoms with Crippen molar-refractivity contribution in [3.63, 3.8) is 0 Å². The fraction of sp³-hybridized carbons (Fsp3) is 0.625. The maximum absolute atomic E-state index is 13.8. The van der Waals surface area contributed by atoms with Crippen LogP contribution in [0.5, 0.6) is 0 Å². The summed E-state index contributed by atoms with van der Waals surface area (Å²) in [6, 6.07) is 7.17. The SMILES string of the molecule is CCCC1CCN(CC(NC)c2ccccc2F)C1. The summed E-state index contributed by atoms with van der Waals surface area (Å²) in [7, 11) is 1.91. The minimum atomic E-state index is -0.105. The van der Waals surface area contributed by atoms with Crippen LogP contribution in [-0.2, 0) is 0 Å². The van der Waals surface area contributed by atoms with E-state index in [-0.39, 0.29) is 11.9 Å². The topological polar surface area (TPSA) is 15.3 Å². The maximum Gasteiger partial charge on any atom is 0.128 e. The van der Waals surface area contributed by atoms with E-state index in [1.165, 1.54) is 25.8 Å². The molecule has 0 amide bonds. The normalized spacial score (nSPS) is 21.7. The smallest absolute Gasteiger partial charge is 0.128 e. The molecule has 1 aromatic carbocycles. The first-order valence-electron chi connectivity index (χ1n) is 7.38. The Kier molecular flexibility index (Phi) is 5.34. The summed E-state index contributed by atoms with van der Waals surface area (Å²) in [5.74, 6) is 0.731. The molecule has 1 fully saturated rings. The van der Waals surface area contributed by atoms with Crippen LogP contribution in [0, 0.1) is 11.7 Å². The molecule has 1 saturated heterocycles. The van der Waals surface area contributed by atoms with E-state index in [0.717, 1.165) is 24.6 Å². The molecular weight excluding hydrogens is 239 g/mol. The summed E-state index contributed by atoms with van der Waals surface area (Å²) in [6.45, 7) is 5.47. The van der Waals surface area contributed by atoms with Crippen LogP contribution in [-0.4, -0.2) is 31.6 Å². The molecule has 2 nitrogen and oxygen atoms in total. The number of likely N-dealkylation sites (tertiary alicyclic amines) is 1. The van der Waals surface area contributed by atoms with Gasteiger partial charge in [0, 0.05) is 24.7 Å². The van der Waals surface area contributed by atoms with Crippen molar-refractivity contribution in [1.29, 1.82) is 0 Å². The second-order valence-corrected chi connectivity index (χ2v) is 5.57. The van der Waals surface area contributed by atoms with E-state index < -0.39 is 0 Å². The Morgan fingerprint density at radius 1 is 1.42 bits per heavy atom. The lowest BCUT2D eigenvalue weighted by Gasteiger charge is -2.24. The molecule has 106 valence electrons. The molecule has 1 aliphatic rings. The third kappa shape index (κ3) is 3.77. The van der Waals surface area contributed by atoms with Crippen LogP contribution >= 0.6 is 0 Å². The predicted octanol–water partition coefficient (Wildman–Crippen LogP) is 3.21. The zero-order valence-electron chi connectivity index (χ0n) is 12.0. The lowest BCUT2D eigenvalue weighted by Crippen LogP contribution is -2.33. The Morgan fingerprint density at radius 2 is 2.21 bits per heavy atom. The van der Waals surface area contributed by atoms with Gasteiger partial charge in [-0.25, -0.2) is 4.39 Å². The maximum atomic E-state index is 13.8. The summed E-state index contributed by atoms with van der Waals surface area (Å²) in [4.78, 5) is 2.47. The van der Waals surface area contributed by atoms with Gasteiger partial charge in [-0.05, 0) is 38.4 Å². The number of nitrogens with zero attached hydrogens (tertiary/aromatic N) is 1. The van der Waals surface area contributed by atoms with Gasteiger partial charge >= 0.3 is 0 Å². The highest BCUT2D eigenvalue weighted by atomic mass is 19.1. The Labute approximate surface area is 116 Å². The molecule has 0 saturated carbocycles. The van der Waals surface area contributed by atoms with E-state index in [2.05, 4.69) is 17.1 Å². The lowest BCUT2D eigenvalue weighted by atomic mass is 10.0. The highest BCUT2D eigenvalue weighted by Gasteiger charge is 2.24. The molecule has 1 heterocycles. The van der Waals surface area contributed by atoms with Crippen LogP contribution in [0.3, 0.4) is 0 Å². The Balaban J connectivity index is 1.95. The second-order valence-electron chi connectivity index (χ2n) is 5.57. The van der Waals surface area contributed by atoms with Crippen LogP contribution in [0.2, 0.25) is 0 Å². The van der Waals surface area contributed by atoms with Gasteiger partial charge in [0.2, 0.25) is 0 Å². The Bertz CT molecular complexity index is 394. The molecule has 0 aromatic heterocycles. The Hall–Kier alpha value is -0.930. The van der Waals surface area contributed by atoms with Gasteiger partial charge in [0.05, 0.1) is 0 Å². The van der Waals surface area contributed by atoms with Crippen molar-refractivity contribution in [1.82, 2.24) is 10.2 Å². The molecule has 0 bridgehead atoms. The second kappa shape index (κ2) is 7.01. The number of rotatable bonds is 6. The lowest BCUT2D eigenvalue weighted by molar-refractivity contribution is 0.283. The van der Waals surface area contributed by atoms with E-state index in [4.69, 9.17) is 0 Å². The van der Waals surface area contributed by atoms with E-state index in [0.29, 0.717) is 0 Å². The molecule has 1 aromatic rings. The van der Waals surface area contributed by atoms with Gasteiger partial charge in [-0.1, -0.05) is 31.5 Å². The number of hydrogen-bond acceptors (Lipinski definition) is 2. The van der Waals surface area contributed by atoms with Gasteiger partial charge < -0.3 is 10.2 Å². The van der Waals surface area contributed by atoms with Gasteiger partial charge in [-0.2, -0.15) is 0 Å².